The van der Waals surface area contributed by atoms with Gasteiger partial charge in [0.05, 0.1) is 7.11 Å². The summed E-state index contributed by atoms with van der Waals surface area (Å²) in [6.45, 7) is 0.875. The van der Waals surface area contributed by atoms with Crippen LogP contribution < -0.4 is 4.74 Å². The fourth-order valence-electron chi connectivity index (χ4n) is 1.82. The van der Waals surface area contributed by atoms with Crippen LogP contribution in [0.15, 0.2) is 6.33 Å². The van der Waals surface area contributed by atoms with Crippen LogP contribution in [0.2, 0.25) is 0 Å². The zero-order valence-electron chi connectivity index (χ0n) is 10.5. The Morgan fingerprint density at radius 1 is 1.44 bits per heavy atom. The number of hydrogen-bond donors (Lipinski definition) is 1. The predicted octanol–water partition coefficient (Wildman–Crippen LogP) is 2.64. The molecule has 0 aromatic carbocycles. The van der Waals surface area contributed by atoms with Crippen LogP contribution in [0.3, 0.4) is 0 Å². The minimum Gasteiger partial charge on any atom is -0.479 e. The molecule has 2 heterocycles. The zero-order chi connectivity index (χ0) is 13.0. The van der Waals surface area contributed by atoms with Gasteiger partial charge < -0.3 is 14.3 Å². The summed E-state index contributed by atoms with van der Waals surface area (Å²) >= 11 is 7.18. The highest BCUT2D eigenvalue weighted by Crippen LogP contribution is 2.20. The summed E-state index contributed by atoms with van der Waals surface area (Å²) < 4.78 is 7.88. The van der Waals surface area contributed by atoms with E-state index in [4.69, 9.17) is 17.0 Å². The van der Waals surface area contributed by atoms with E-state index in [0.29, 0.717) is 10.7 Å². The number of aromatic amines is 1. The van der Waals surface area contributed by atoms with Crippen LogP contribution in [0.4, 0.5) is 0 Å². The molecule has 0 saturated heterocycles. The van der Waals surface area contributed by atoms with Crippen molar-refractivity contribution in [1.29, 1.82) is 0 Å². The molecule has 0 saturated carbocycles. The Morgan fingerprint density at radius 2 is 2.28 bits per heavy atom. The van der Waals surface area contributed by atoms with Gasteiger partial charge >= 0.3 is 0 Å². The number of unbranched alkanes of at least 4 members (excludes halogenated alkanes) is 1. The average Bonchev–Trinajstić information content (AvgIpc) is 2.70. The Bertz CT molecular complexity index is 578. The van der Waals surface area contributed by atoms with E-state index >= 15 is 0 Å². The van der Waals surface area contributed by atoms with Crippen LogP contribution in [-0.4, -0.2) is 38.6 Å². The second kappa shape index (κ2) is 6.19. The molecule has 0 spiro atoms. The molecule has 0 atom stereocenters. The van der Waals surface area contributed by atoms with Crippen molar-refractivity contribution in [3.05, 3.63) is 11.1 Å². The van der Waals surface area contributed by atoms with Gasteiger partial charge in [0.15, 0.2) is 10.4 Å². The first kappa shape index (κ1) is 13.4. The van der Waals surface area contributed by atoms with E-state index in [1.165, 1.54) is 18.5 Å². The van der Waals surface area contributed by atoms with Crippen LogP contribution in [0.1, 0.15) is 12.8 Å². The second-order valence-corrected chi connectivity index (χ2v) is 5.24. The third-order valence-corrected chi connectivity index (χ3v) is 3.72. The number of rotatable bonds is 6. The van der Waals surface area contributed by atoms with Crippen molar-refractivity contribution >= 4 is 35.1 Å². The summed E-state index contributed by atoms with van der Waals surface area (Å²) in [5, 5.41) is 0. The van der Waals surface area contributed by atoms with Crippen molar-refractivity contribution < 1.29 is 4.74 Å². The molecule has 0 aliphatic heterocycles. The smallest absolute Gasteiger partial charge is 0.242 e. The first-order chi connectivity index (χ1) is 8.77. The van der Waals surface area contributed by atoms with Crippen molar-refractivity contribution in [2.75, 3.05) is 19.1 Å². The quantitative estimate of drug-likeness (QED) is 0.653. The number of fused-ring (bicyclic) bond motifs is 1. The summed E-state index contributed by atoms with van der Waals surface area (Å²) in [6.07, 6.45) is 5.89. The van der Waals surface area contributed by atoms with Gasteiger partial charge in [-0.1, -0.05) is 0 Å². The normalized spacial score (nSPS) is 11.0. The SMILES string of the molecule is COc1ncnc2c1[nH]c(=S)n2CCCCSC. The minimum absolute atomic E-state index is 0.536. The van der Waals surface area contributed by atoms with Gasteiger partial charge in [0.25, 0.3) is 0 Å². The van der Waals surface area contributed by atoms with E-state index < -0.39 is 0 Å². The fourth-order valence-corrected chi connectivity index (χ4v) is 2.60. The number of nitrogens with one attached hydrogen (secondary N) is 1. The lowest BCUT2D eigenvalue weighted by Gasteiger charge is -2.03. The summed E-state index contributed by atoms with van der Waals surface area (Å²) in [4.78, 5) is 11.5. The van der Waals surface area contributed by atoms with Gasteiger partial charge in [-0.3, -0.25) is 0 Å². The number of aromatic nitrogens is 4. The van der Waals surface area contributed by atoms with Crippen molar-refractivity contribution in [2.24, 2.45) is 0 Å². The molecule has 2 aromatic heterocycles. The molecule has 0 aliphatic rings. The molecule has 1 N–H and O–H groups in total. The number of nitrogens with zero attached hydrogens (tertiary/aromatic N) is 3. The van der Waals surface area contributed by atoms with Gasteiger partial charge in [-0.15, -0.1) is 0 Å². The van der Waals surface area contributed by atoms with E-state index in [1.807, 2.05) is 16.3 Å². The van der Waals surface area contributed by atoms with Crippen molar-refractivity contribution in [3.63, 3.8) is 0 Å². The van der Waals surface area contributed by atoms with Crippen LogP contribution in [0.25, 0.3) is 11.2 Å². The average molecular weight is 284 g/mol. The van der Waals surface area contributed by atoms with E-state index in [1.54, 1.807) is 7.11 Å². The van der Waals surface area contributed by atoms with Crippen molar-refractivity contribution in [2.45, 2.75) is 19.4 Å². The zero-order valence-corrected chi connectivity index (χ0v) is 12.1. The lowest BCUT2D eigenvalue weighted by atomic mass is 10.3. The summed E-state index contributed by atoms with van der Waals surface area (Å²) in [7, 11) is 1.59. The molecule has 2 rings (SSSR count). The van der Waals surface area contributed by atoms with Crippen LogP contribution in [-0.2, 0) is 6.54 Å². The standard InChI is InChI=1S/C11H16N4OS2/c1-16-10-8-9(12-7-13-10)15(11(17)14-8)5-3-4-6-18-2/h7H,3-6H2,1-2H3,(H,14,17). The largest absolute Gasteiger partial charge is 0.479 e. The Hall–Kier alpha value is -1.08. The molecular formula is C11H16N4OS2. The molecule has 5 nitrogen and oxygen atoms in total. The van der Waals surface area contributed by atoms with Crippen molar-refractivity contribution in [3.8, 4) is 5.88 Å². The molecule has 18 heavy (non-hydrogen) atoms. The van der Waals surface area contributed by atoms with Crippen LogP contribution in [0.5, 0.6) is 5.88 Å². The first-order valence-electron chi connectivity index (χ1n) is 5.74. The lowest BCUT2D eigenvalue weighted by molar-refractivity contribution is 0.401. The van der Waals surface area contributed by atoms with Gasteiger partial charge in [0.1, 0.15) is 11.8 Å². The third kappa shape index (κ3) is 2.67. The van der Waals surface area contributed by atoms with Gasteiger partial charge in [0.2, 0.25) is 5.88 Å². The van der Waals surface area contributed by atoms with Crippen molar-refractivity contribution in [1.82, 2.24) is 19.5 Å². The number of thioether (sulfide) groups is 1. The first-order valence-corrected chi connectivity index (χ1v) is 7.54. The lowest BCUT2D eigenvalue weighted by Crippen LogP contribution is -2.00. The number of aryl methyl sites for hydroxylation is 1. The molecule has 2 aromatic rings. The summed E-state index contributed by atoms with van der Waals surface area (Å²) in [5.74, 6) is 1.71. The molecule has 0 bridgehead atoms. The molecule has 0 radical (unpaired) electrons. The Morgan fingerprint density at radius 3 is 3.00 bits per heavy atom. The molecule has 0 amide bonds. The summed E-state index contributed by atoms with van der Waals surface area (Å²) in [5.41, 5.74) is 1.59. The Labute approximate surface area is 115 Å². The topological polar surface area (TPSA) is 55.7 Å². The van der Waals surface area contributed by atoms with Gasteiger partial charge in [-0.2, -0.15) is 16.7 Å². The Balaban J connectivity index is 2.27. The third-order valence-electron chi connectivity index (χ3n) is 2.70. The van der Waals surface area contributed by atoms with E-state index in [9.17, 15) is 0 Å². The maximum atomic E-state index is 5.32. The maximum Gasteiger partial charge on any atom is 0.242 e. The fraction of sp³-hybridized carbons (Fsp3) is 0.545. The molecule has 0 aliphatic carbocycles. The monoisotopic (exact) mass is 284 g/mol. The van der Waals surface area contributed by atoms with Gasteiger partial charge in [-0.25, -0.2) is 4.98 Å². The van der Waals surface area contributed by atoms with E-state index in [-0.39, 0.29) is 0 Å². The highest BCUT2D eigenvalue weighted by molar-refractivity contribution is 7.98. The van der Waals surface area contributed by atoms with Gasteiger partial charge in [0, 0.05) is 6.54 Å². The van der Waals surface area contributed by atoms with Crippen LogP contribution in [0, 0.1) is 4.77 Å². The highest BCUT2D eigenvalue weighted by Gasteiger charge is 2.10. The van der Waals surface area contributed by atoms with Crippen LogP contribution >= 0.6 is 24.0 Å². The van der Waals surface area contributed by atoms with Gasteiger partial charge in [-0.05, 0) is 37.1 Å². The second-order valence-electron chi connectivity index (χ2n) is 3.86. The Kier molecular flexibility index (Phi) is 4.60. The molecule has 0 fully saturated rings. The summed E-state index contributed by atoms with van der Waals surface area (Å²) in [6, 6.07) is 0. The molecule has 0 unspecified atom stereocenters. The molecule has 98 valence electrons. The van der Waals surface area contributed by atoms with E-state index in [2.05, 4.69) is 21.2 Å². The maximum absolute atomic E-state index is 5.32. The molecular weight excluding hydrogens is 268 g/mol. The minimum atomic E-state index is 0.536. The molecule has 7 heteroatoms. The highest BCUT2D eigenvalue weighted by atomic mass is 32.2. The van der Waals surface area contributed by atoms with E-state index in [0.717, 1.165) is 24.1 Å². The number of hydrogen-bond acceptors (Lipinski definition) is 5. The number of methoxy groups -OCH3 is 1. The number of ether oxygens (including phenoxy) is 1. The number of imidazole rings is 1. The number of H-pyrrole nitrogens is 1. The predicted molar refractivity (Wildman–Crippen MR) is 76.9 cm³/mol.